The third-order valence-electron chi connectivity index (χ3n) is 2.52. The number of halogens is 5. The van der Waals surface area contributed by atoms with Crippen LogP contribution >= 0.6 is 15.9 Å². The summed E-state index contributed by atoms with van der Waals surface area (Å²) in [5.41, 5.74) is -0.115. The maximum Gasteiger partial charge on any atom is 0.573 e. The fourth-order valence-corrected chi connectivity index (χ4v) is 2.00. The van der Waals surface area contributed by atoms with Crippen LogP contribution in [0.25, 0.3) is 0 Å². The van der Waals surface area contributed by atoms with Crippen LogP contribution in [0.1, 0.15) is 15.9 Å². The quantitative estimate of drug-likeness (QED) is 0.583. The Hall–Kier alpha value is -1.89. The first-order valence-corrected chi connectivity index (χ1v) is 6.41. The molecule has 2 aromatic rings. The Morgan fingerprint density at radius 2 is 1.67 bits per heavy atom. The molecule has 0 aromatic heterocycles. The van der Waals surface area contributed by atoms with Crippen LogP contribution in [0.3, 0.4) is 0 Å². The number of carbonyl (C=O) groups excluding carboxylic acids is 1. The number of rotatable bonds is 3. The van der Waals surface area contributed by atoms with Crippen LogP contribution in [0.2, 0.25) is 0 Å². The van der Waals surface area contributed by atoms with Crippen molar-refractivity contribution >= 4 is 21.7 Å². The molecule has 0 fully saturated rings. The Bertz CT molecular complexity index is 666. The predicted octanol–water partition coefficient (Wildman–Crippen LogP) is 4.72. The first-order chi connectivity index (χ1) is 9.76. The molecule has 0 radical (unpaired) electrons. The Morgan fingerprint density at radius 3 is 2.24 bits per heavy atom. The highest BCUT2D eigenvalue weighted by Crippen LogP contribution is 2.24. The van der Waals surface area contributed by atoms with E-state index in [4.69, 9.17) is 0 Å². The molecule has 0 saturated carbocycles. The molecule has 110 valence electrons. The summed E-state index contributed by atoms with van der Waals surface area (Å²) in [5.74, 6) is -1.79. The van der Waals surface area contributed by atoms with Crippen molar-refractivity contribution in [2.45, 2.75) is 6.36 Å². The number of hydrogen-bond acceptors (Lipinski definition) is 2. The van der Waals surface area contributed by atoms with Gasteiger partial charge in [0.15, 0.2) is 5.78 Å². The van der Waals surface area contributed by atoms with Crippen molar-refractivity contribution in [2.24, 2.45) is 0 Å². The fourth-order valence-electron chi connectivity index (χ4n) is 1.63. The summed E-state index contributed by atoms with van der Waals surface area (Å²) in [6, 6.07) is 8.14. The normalized spacial score (nSPS) is 11.3. The van der Waals surface area contributed by atoms with Gasteiger partial charge in [0.1, 0.15) is 11.6 Å². The number of hydrogen-bond donors (Lipinski definition) is 0. The topological polar surface area (TPSA) is 26.3 Å². The van der Waals surface area contributed by atoms with E-state index >= 15 is 0 Å². The molecule has 0 spiro atoms. The Balaban J connectivity index is 2.26. The molecule has 7 heteroatoms. The SMILES string of the molecule is O=C(c1ccc(OC(F)(F)F)cc1)c1cc(Br)ccc1F. The molecular weight excluding hydrogens is 356 g/mol. The van der Waals surface area contributed by atoms with Gasteiger partial charge in [0.2, 0.25) is 0 Å². The summed E-state index contributed by atoms with van der Waals surface area (Å²) in [6.45, 7) is 0. The highest BCUT2D eigenvalue weighted by molar-refractivity contribution is 9.10. The molecule has 0 atom stereocenters. The van der Waals surface area contributed by atoms with Crippen molar-refractivity contribution < 1.29 is 27.1 Å². The lowest BCUT2D eigenvalue weighted by atomic mass is 10.0. The molecule has 0 aliphatic carbocycles. The summed E-state index contributed by atoms with van der Waals surface area (Å²) >= 11 is 3.12. The van der Waals surface area contributed by atoms with Crippen LogP contribution < -0.4 is 4.74 Å². The summed E-state index contributed by atoms with van der Waals surface area (Å²) in [4.78, 5) is 12.1. The number of ether oxygens (including phenoxy) is 1. The van der Waals surface area contributed by atoms with Crippen molar-refractivity contribution in [1.82, 2.24) is 0 Å². The second-order valence-corrected chi connectivity index (χ2v) is 4.94. The van der Waals surface area contributed by atoms with E-state index in [1.165, 1.54) is 12.1 Å². The first-order valence-electron chi connectivity index (χ1n) is 5.62. The maximum absolute atomic E-state index is 13.6. The van der Waals surface area contributed by atoms with Gasteiger partial charge < -0.3 is 4.74 Å². The monoisotopic (exact) mass is 362 g/mol. The van der Waals surface area contributed by atoms with Crippen LogP contribution in [0.5, 0.6) is 5.75 Å². The highest BCUT2D eigenvalue weighted by Gasteiger charge is 2.31. The van der Waals surface area contributed by atoms with Crippen LogP contribution in [-0.2, 0) is 0 Å². The predicted molar refractivity (Wildman–Crippen MR) is 70.7 cm³/mol. The van der Waals surface area contributed by atoms with E-state index in [-0.39, 0.29) is 11.1 Å². The second kappa shape index (κ2) is 5.85. The summed E-state index contributed by atoms with van der Waals surface area (Å²) in [7, 11) is 0. The Morgan fingerprint density at radius 1 is 1.05 bits per heavy atom. The van der Waals surface area contributed by atoms with E-state index in [1.54, 1.807) is 0 Å². The highest BCUT2D eigenvalue weighted by atomic mass is 79.9. The van der Waals surface area contributed by atoms with Gasteiger partial charge in [-0.05, 0) is 42.5 Å². The van der Waals surface area contributed by atoms with Gasteiger partial charge in [-0.15, -0.1) is 13.2 Å². The molecule has 2 aromatic carbocycles. The van der Waals surface area contributed by atoms with Crippen LogP contribution in [-0.4, -0.2) is 12.1 Å². The van der Waals surface area contributed by atoms with Crippen molar-refractivity contribution in [2.75, 3.05) is 0 Å². The van der Waals surface area contributed by atoms with Crippen molar-refractivity contribution in [3.8, 4) is 5.75 Å². The van der Waals surface area contributed by atoms with E-state index in [2.05, 4.69) is 20.7 Å². The number of benzene rings is 2. The van der Waals surface area contributed by atoms with E-state index in [0.717, 1.165) is 30.3 Å². The molecule has 0 bridgehead atoms. The van der Waals surface area contributed by atoms with E-state index in [0.29, 0.717) is 4.47 Å². The zero-order valence-corrected chi connectivity index (χ0v) is 11.8. The van der Waals surface area contributed by atoms with Gasteiger partial charge >= 0.3 is 6.36 Å². The lowest BCUT2D eigenvalue weighted by Crippen LogP contribution is -2.17. The molecule has 0 heterocycles. The van der Waals surface area contributed by atoms with Gasteiger partial charge in [0.25, 0.3) is 0 Å². The van der Waals surface area contributed by atoms with E-state index in [9.17, 15) is 22.4 Å². The minimum absolute atomic E-state index is 0.0570. The maximum atomic E-state index is 13.6. The van der Waals surface area contributed by atoms with Crippen LogP contribution in [0.15, 0.2) is 46.9 Å². The van der Waals surface area contributed by atoms with Gasteiger partial charge in [0.05, 0.1) is 5.56 Å². The molecule has 21 heavy (non-hydrogen) atoms. The standard InChI is InChI=1S/C14H7BrF4O2/c15-9-3-6-12(16)11(7-9)13(20)8-1-4-10(5-2-8)21-14(17,18)19/h1-7H. The first kappa shape index (κ1) is 15.5. The van der Waals surface area contributed by atoms with E-state index < -0.39 is 23.7 Å². The lowest BCUT2D eigenvalue weighted by Gasteiger charge is -2.09. The number of alkyl halides is 3. The van der Waals surface area contributed by atoms with Gasteiger partial charge in [0, 0.05) is 10.0 Å². The minimum atomic E-state index is -4.80. The second-order valence-electron chi connectivity index (χ2n) is 4.03. The largest absolute Gasteiger partial charge is 0.573 e. The third kappa shape index (κ3) is 4.04. The van der Waals surface area contributed by atoms with Crippen molar-refractivity contribution in [3.05, 3.63) is 63.9 Å². The summed E-state index contributed by atoms with van der Waals surface area (Å²) in [6.07, 6.45) is -4.80. The molecule has 2 nitrogen and oxygen atoms in total. The Labute approximate surface area is 125 Å². The molecule has 0 aliphatic heterocycles. The average molecular weight is 363 g/mol. The van der Waals surface area contributed by atoms with Crippen LogP contribution in [0, 0.1) is 5.82 Å². The molecule has 0 amide bonds. The van der Waals surface area contributed by atoms with Gasteiger partial charge in [-0.2, -0.15) is 0 Å². The molecular formula is C14H7BrF4O2. The minimum Gasteiger partial charge on any atom is -0.406 e. The number of ketones is 1. The van der Waals surface area contributed by atoms with Crippen molar-refractivity contribution in [1.29, 1.82) is 0 Å². The van der Waals surface area contributed by atoms with Gasteiger partial charge in [-0.3, -0.25) is 4.79 Å². The third-order valence-corrected chi connectivity index (χ3v) is 3.02. The zero-order chi connectivity index (χ0) is 15.6. The fraction of sp³-hybridized carbons (Fsp3) is 0.0714. The lowest BCUT2D eigenvalue weighted by molar-refractivity contribution is -0.274. The van der Waals surface area contributed by atoms with Gasteiger partial charge in [-0.1, -0.05) is 15.9 Å². The zero-order valence-electron chi connectivity index (χ0n) is 10.2. The molecule has 0 unspecified atom stereocenters. The molecule has 0 saturated heterocycles. The summed E-state index contributed by atoms with van der Waals surface area (Å²) in [5, 5.41) is 0. The molecule has 2 rings (SSSR count). The van der Waals surface area contributed by atoms with Crippen LogP contribution in [0.4, 0.5) is 17.6 Å². The van der Waals surface area contributed by atoms with Gasteiger partial charge in [-0.25, -0.2) is 4.39 Å². The smallest absolute Gasteiger partial charge is 0.406 e. The molecule has 0 aliphatic rings. The van der Waals surface area contributed by atoms with E-state index in [1.807, 2.05) is 0 Å². The Kier molecular flexibility index (Phi) is 4.32. The average Bonchev–Trinajstić information content (AvgIpc) is 2.40. The number of carbonyl (C=O) groups is 1. The summed E-state index contributed by atoms with van der Waals surface area (Å²) < 4.78 is 53.9. The van der Waals surface area contributed by atoms with Crippen molar-refractivity contribution in [3.63, 3.8) is 0 Å². The molecule has 0 N–H and O–H groups in total.